The lowest BCUT2D eigenvalue weighted by molar-refractivity contribution is 0.108. The van der Waals surface area contributed by atoms with Crippen molar-refractivity contribution in [3.63, 3.8) is 0 Å². The third kappa shape index (κ3) is 2.66. The van der Waals surface area contributed by atoms with Crippen molar-refractivity contribution < 1.29 is 4.79 Å². The molecule has 0 aliphatic heterocycles. The van der Waals surface area contributed by atoms with Gasteiger partial charge in [-0.05, 0) is 36.0 Å². The molecule has 0 bridgehead atoms. The van der Waals surface area contributed by atoms with Gasteiger partial charge in [0.05, 0.1) is 6.20 Å². The Bertz CT molecular complexity index is 769. The minimum Gasteiger partial charge on any atom is -0.281 e. The highest BCUT2D eigenvalue weighted by atomic mass is 35.5. The van der Waals surface area contributed by atoms with Crippen molar-refractivity contribution >= 4 is 39.3 Å². The van der Waals surface area contributed by atoms with E-state index in [0.717, 1.165) is 22.5 Å². The maximum atomic E-state index is 12.2. The first kappa shape index (κ1) is 13.1. The molecule has 0 aliphatic rings. The number of rotatable bonds is 2. The third-order valence-corrected chi connectivity index (χ3v) is 3.97. The van der Waals surface area contributed by atoms with Gasteiger partial charge < -0.3 is 0 Å². The van der Waals surface area contributed by atoms with E-state index in [-0.39, 0.29) is 5.12 Å². The quantitative estimate of drug-likeness (QED) is 0.665. The summed E-state index contributed by atoms with van der Waals surface area (Å²) < 4.78 is 0. The van der Waals surface area contributed by atoms with Crippen LogP contribution in [0.25, 0.3) is 10.8 Å². The summed E-state index contributed by atoms with van der Waals surface area (Å²) in [5.41, 5.74) is 0.592. The van der Waals surface area contributed by atoms with Crippen LogP contribution < -0.4 is 0 Å². The first-order chi connectivity index (χ1) is 9.74. The molecule has 3 aromatic rings. The van der Waals surface area contributed by atoms with Crippen LogP contribution in [0, 0.1) is 0 Å². The number of nitrogens with zero attached hydrogens (tertiary/aromatic N) is 2. The number of benzene rings is 2. The van der Waals surface area contributed by atoms with E-state index in [1.165, 1.54) is 0 Å². The Morgan fingerprint density at radius 3 is 2.60 bits per heavy atom. The SMILES string of the molecule is O=C(Sc1nncc2ccccc12)c1ccc(Cl)cc1. The van der Waals surface area contributed by atoms with Crippen LogP contribution in [0.15, 0.2) is 59.8 Å². The van der Waals surface area contributed by atoms with Crippen molar-refractivity contribution in [2.75, 3.05) is 0 Å². The Morgan fingerprint density at radius 1 is 1.05 bits per heavy atom. The lowest BCUT2D eigenvalue weighted by Gasteiger charge is -2.03. The van der Waals surface area contributed by atoms with Crippen LogP contribution in [0.3, 0.4) is 0 Å². The highest BCUT2D eigenvalue weighted by Crippen LogP contribution is 2.27. The summed E-state index contributed by atoms with van der Waals surface area (Å²) in [6.07, 6.45) is 1.69. The van der Waals surface area contributed by atoms with Crippen LogP contribution >= 0.6 is 23.4 Å². The van der Waals surface area contributed by atoms with E-state index in [1.54, 1.807) is 30.5 Å². The van der Waals surface area contributed by atoms with Crippen molar-refractivity contribution in [2.24, 2.45) is 0 Å². The average molecular weight is 301 g/mol. The van der Waals surface area contributed by atoms with E-state index in [0.29, 0.717) is 15.6 Å². The molecule has 1 heterocycles. The number of thioether (sulfide) groups is 1. The van der Waals surface area contributed by atoms with Crippen molar-refractivity contribution in [3.05, 3.63) is 65.3 Å². The number of hydrogen-bond donors (Lipinski definition) is 0. The minimum atomic E-state index is -0.0766. The molecule has 3 rings (SSSR count). The summed E-state index contributed by atoms with van der Waals surface area (Å²) in [7, 11) is 0. The molecule has 0 radical (unpaired) electrons. The van der Waals surface area contributed by atoms with Gasteiger partial charge in [-0.1, -0.05) is 35.9 Å². The standard InChI is InChI=1S/C15H9ClN2OS/c16-12-7-5-10(6-8-12)15(19)20-14-13-4-2-1-3-11(13)9-17-18-14/h1-9H. The van der Waals surface area contributed by atoms with E-state index in [4.69, 9.17) is 11.6 Å². The largest absolute Gasteiger partial charge is 0.281 e. The van der Waals surface area contributed by atoms with E-state index in [1.807, 2.05) is 24.3 Å². The van der Waals surface area contributed by atoms with E-state index in [9.17, 15) is 4.79 Å². The zero-order chi connectivity index (χ0) is 13.9. The van der Waals surface area contributed by atoms with Crippen LogP contribution in [0.5, 0.6) is 0 Å². The van der Waals surface area contributed by atoms with Crippen molar-refractivity contribution in [3.8, 4) is 0 Å². The first-order valence-corrected chi connectivity index (χ1v) is 7.12. The molecule has 0 N–H and O–H groups in total. The molecule has 0 saturated heterocycles. The molecule has 1 aromatic heterocycles. The fourth-order valence-corrected chi connectivity index (χ4v) is 2.75. The van der Waals surface area contributed by atoms with Crippen molar-refractivity contribution in [2.45, 2.75) is 5.03 Å². The summed E-state index contributed by atoms with van der Waals surface area (Å²) in [6, 6.07) is 14.5. The number of fused-ring (bicyclic) bond motifs is 1. The molecule has 5 heteroatoms. The van der Waals surface area contributed by atoms with Gasteiger partial charge in [-0.15, -0.1) is 5.10 Å². The average Bonchev–Trinajstić information content (AvgIpc) is 2.48. The summed E-state index contributed by atoms with van der Waals surface area (Å²) in [5.74, 6) is 0. The summed E-state index contributed by atoms with van der Waals surface area (Å²) in [5, 5.41) is 11.0. The van der Waals surface area contributed by atoms with Gasteiger partial charge >= 0.3 is 0 Å². The Balaban J connectivity index is 1.93. The zero-order valence-corrected chi connectivity index (χ0v) is 11.9. The molecule has 0 unspecified atom stereocenters. The number of carbonyl (C=O) groups is 1. The molecule has 98 valence electrons. The Hall–Kier alpha value is -1.91. The third-order valence-electron chi connectivity index (χ3n) is 2.81. The fraction of sp³-hybridized carbons (Fsp3) is 0. The molecule has 0 amide bonds. The van der Waals surface area contributed by atoms with Crippen molar-refractivity contribution in [1.82, 2.24) is 10.2 Å². The maximum absolute atomic E-state index is 12.2. The molecule has 0 fully saturated rings. The minimum absolute atomic E-state index is 0.0766. The highest BCUT2D eigenvalue weighted by molar-refractivity contribution is 8.14. The Kier molecular flexibility index (Phi) is 3.67. The second-order valence-electron chi connectivity index (χ2n) is 4.13. The first-order valence-electron chi connectivity index (χ1n) is 5.92. The maximum Gasteiger partial charge on any atom is 0.225 e. The fourth-order valence-electron chi connectivity index (χ4n) is 1.81. The van der Waals surface area contributed by atoms with Crippen LogP contribution in [0.2, 0.25) is 5.02 Å². The molecule has 2 aromatic carbocycles. The molecule has 0 atom stereocenters. The van der Waals surface area contributed by atoms with Gasteiger partial charge in [0.2, 0.25) is 5.12 Å². The van der Waals surface area contributed by atoms with Gasteiger partial charge in [0, 0.05) is 21.4 Å². The number of aromatic nitrogens is 2. The lowest BCUT2D eigenvalue weighted by Crippen LogP contribution is -1.95. The molecule has 0 aliphatic carbocycles. The van der Waals surface area contributed by atoms with Gasteiger partial charge in [0.15, 0.2) is 0 Å². The Morgan fingerprint density at radius 2 is 1.80 bits per heavy atom. The van der Waals surface area contributed by atoms with E-state index >= 15 is 0 Å². The topological polar surface area (TPSA) is 42.9 Å². The Labute approximate surface area is 125 Å². The molecular weight excluding hydrogens is 292 g/mol. The molecule has 3 nitrogen and oxygen atoms in total. The van der Waals surface area contributed by atoms with Gasteiger partial charge in [0.25, 0.3) is 0 Å². The molecular formula is C15H9ClN2OS. The van der Waals surface area contributed by atoms with Gasteiger partial charge in [-0.25, -0.2) is 0 Å². The normalized spacial score (nSPS) is 10.7. The smallest absolute Gasteiger partial charge is 0.225 e. The van der Waals surface area contributed by atoms with Crippen LogP contribution in [0.4, 0.5) is 0 Å². The molecule has 0 saturated carbocycles. The second-order valence-corrected chi connectivity index (χ2v) is 5.53. The van der Waals surface area contributed by atoms with Crippen molar-refractivity contribution in [1.29, 1.82) is 0 Å². The van der Waals surface area contributed by atoms with Gasteiger partial charge in [-0.2, -0.15) is 5.10 Å². The summed E-state index contributed by atoms with van der Waals surface area (Å²) in [4.78, 5) is 12.2. The highest BCUT2D eigenvalue weighted by Gasteiger charge is 2.12. The van der Waals surface area contributed by atoms with Gasteiger partial charge in [0.1, 0.15) is 5.03 Å². The zero-order valence-electron chi connectivity index (χ0n) is 10.3. The monoisotopic (exact) mass is 300 g/mol. The van der Waals surface area contributed by atoms with E-state index in [2.05, 4.69) is 10.2 Å². The number of halogens is 1. The predicted octanol–water partition coefficient (Wildman–Crippen LogP) is 4.22. The van der Waals surface area contributed by atoms with E-state index < -0.39 is 0 Å². The lowest BCUT2D eigenvalue weighted by atomic mass is 10.2. The predicted molar refractivity (Wildman–Crippen MR) is 81.2 cm³/mol. The van der Waals surface area contributed by atoms with Crippen LogP contribution in [0.1, 0.15) is 10.4 Å². The summed E-state index contributed by atoms with van der Waals surface area (Å²) in [6.45, 7) is 0. The molecule has 20 heavy (non-hydrogen) atoms. The number of carbonyl (C=O) groups excluding carboxylic acids is 1. The summed E-state index contributed by atoms with van der Waals surface area (Å²) >= 11 is 6.89. The molecule has 0 spiro atoms. The van der Waals surface area contributed by atoms with Crippen LogP contribution in [-0.2, 0) is 0 Å². The van der Waals surface area contributed by atoms with Crippen LogP contribution in [-0.4, -0.2) is 15.3 Å². The second kappa shape index (κ2) is 5.61. The van der Waals surface area contributed by atoms with Gasteiger partial charge in [-0.3, -0.25) is 4.79 Å². The number of hydrogen-bond acceptors (Lipinski definition) is 4.